The van der Waals surface area contributed by atoms with Crippen molar-refractivity contribution in [3.63, 3.8) is 0 Å². The molecule has 126 valence electrons. The maximum Gasteiger partial charge on any atom is 0.231 e. The Morgan fingerprint density at radius 2 is 1.32 bits per heavy atom. The molecule has 0 radical (unpaired) electrons. The van der Waals surface area contributed by atoms with Crippen LogP contribution in [0.4, 0.5) is 0 Å². The van der Waals surface area contributed by atoms with Crippen molar-refractivity contribution in [1.82, 2.24) is 9.55 Å². The first kappa shape index (κ1) is 18.9. The third kappa shape index (κ3) is 9.75. The predicted octanol–water partition coefficient (Wildman–Crippen LogP) is 6.00. The molecule has 1 aromatic rings. The zero-order valence-corrected chi connectivity index (χ0v) is 14.4. The molecular weight excluding hydrogens is 272 g/mol. The quantitative estimate of drug-likeness (QED) is 0.395. The van der Waals surface area contributed by atoms with Crippen molar-refractivity contribution in [3.8, 4) is 0 Å². The van der Waals surface area contributed by atoms with Crippen LogP contribution in [0.15, 0.2) is 18.7 Å². The van der Waals surface area contributed by atoms with Gasteiger partial charge in [-0.3, -0.25) is 9.36 Å². The van der Waals surface area contributed by atoms with E-state index in [1.165, 1.54) is 77.0 Å². The van der Waals surface area contributed by atoms with Gasteiger partial charge in [-0.25, -0.2) is 4.98 Å². The molecule has 0 atom stereocenters. The summed E-state index contributed by atoms with van der Waals surface area (Å²) < 4.78 is 1.58. The molecular formula is C19H34N2O. The molecule has 0 saturated heterocycles. The van der Waals surface area contributed by atoms with Gasteiger partial charge in [-0.1, -0.05) is 84.0 Å². The fraction of sp³-hybridized carbons (Fsp3) is 0.789. The standard InChI is InChI=1S/C19H34N2O/c1-2-3-4-5-6-7-8-9-10-11-12-13-14-15-19(22)21-17-16-20-18-21/h16-18H,2-15H2,1H3. The van der Waals surface area contributed by atoms with Crippen LogP contribution in [0.1, 0.15) is 102 Å². The Morgan fingerprint density at radius 3 is 1.77 bits per heavy atom. The number of hydrogen-bond acceptors (Lipinski definition) is 2. The third-order valence-corrected chi connectivity index (χ3v) is 4.29. The van der Waals surface area contributed by atoms with E-state index >= 15 is 0 Å². The van der Waals surface area contributed by atoms with Crippen LogP contribution in [-0.2, 0) is 0 Å². The van der Waals surface area contributed by atoms with Gasteiger partial charge in [-0.05, 0) is 6.42 Å². The van der Waals surface area contributed by atoms with Crippen LogP contribution in [0.25, 0.3) is 0 Å². The molecule has 0 spiro atoms. The summed E-state index contributed by atoms with van der Waals surface area (Å²) in [5.41, 5.74) is 0. The van der Waals surface area contributed by atoms with Crippen molar-refractivity contribution in [3.05, 3.63) is 18.7 Å². The van der Waals surface area contributed by atoms with Gasteiger partial charge < -0.3 is 0 Å². The van der Waals surface area contributed by atoms with Crippen LogP contribution in [0, 0.1) is 0 Å². The normalized spacial score (nSPS) is 11.0. The van der Waals surface area contributed by atoms with Crippen molar-refractivity contribution < 1.29 is 4.79 Å². The van der Waals surface area contributed by atoms with Crippen LogP contribution >= 0.6 is 0 Å². The minimum atomic E-state index is 0.167. The van der Waals surface area contributed by atoms with E-state index in [9.17, 15) is 4.79 Å². The zero-order chi connectivity index (χ0) is 15.9. The van der Waals surface area contributed by atoms with Crippen LogP contribution in [0.2, 0.25) is 0 Å². The Kier molecular flexibility index (Phi) is 11.6. The summed E-state index contributed by atoms with van der Waals surface area (Å²) in [5, 5.41) is 0. The maximum absolute atomic E-state index is 11.7. The Morgan fingerprint density at radius 1 is 0.818 bits per heavy atom. The molecule has 0 aliphatic rings. The van der Waals surface area contributed by atoms with E-state index in [0.29, 0.717) is 6.42 Å². The van der Waals surface area contributed by atoms with Gasteiger partial charge >= 0.3 is 0 Å². The van der Waals surface area contributed by atoms with E-state index in [4.69, 9.17) is 0 Å². The van der Waals surface area contributed by atoms with E-state index in [2.05, 4.69) is 11.9 Å². The van der Waals surface area contributed by atoms with Crippen molar-refractivity contribution in [1.29, 1.82) is 0 Å². The van der Waals surface area contributed by atoms with Crippen LogP contribution in [0.3, 0.4) is 0 Å². The van der Waals surface area contributed by atoms with Crippen molar-refractivity contribution in [2.45, 2.75) is 96.8 Å². The summed E-state index contributed by atoms with van der Waals surface area (Å²) in [5.74, 6) is 0.167. The SMILES string of the molecule is CCCCCCCCCCCCCCCC(=O)n1ccnc1. The highest BCUT2D eigenvalue weighted by Crippen LogP contribution is 2.13. The number of hydrogen-bond donors (Lipinski definition) is 0. The highest BCUT2D eigenvalue weighted by atomic mass is 16.2. The number of rotatable bonds is 14. The molecule has 1 rings (SSSR count). The molecule has 3 heteroatoms. The minimum Gasteiger partial charge on any atom is -0.276 e. The summed E-state index contributed by atoms with van der Waals surface area (Å²) in [4.78, 5) is 15.6. The number of aromatic nitrogens is 2. The van der Waals surface area contributed by atoms with Gasteiger partial charge in [0.2, 0.25) is 5.91 Å². The van der Waals surface area contributed by atoms with E-state index in [-0.39, 0.29) is 5.91 Å². The van der Waals surface area contributed by atoms with Crippen LogP contribution in [-0.4, -0.2) is 15.5 Å². The molecule has 3 nitrogen and oxygen atoms in total. The van der Waals surface area contributed by atoms with Gasteiger partial charge in [0.25, 0.3) is 0 Å². The fourth-order valence-corrected chi connectivity index (χ4v) is 2.83. The summed E-state index contributed by atoms with van der Waals surface area (Å²) in [6.07, 6.45) is 23.0. The van der Waals surface area contributed by atoms with E-state index in [1.807, 2.05) is 0 Å². The van der Waals surface area contributed by atoms with Gasteiger partial charge in [-0.15, -0.1) is 0 Å². The molecule has 0 aromatic carbocycles. The molecule has 22 heavy (non-hydrogen) atoms. The Balaban J connectivity index is 1.77. The largest absolute Gasteiger partial charge is 0.276 e. The highest BCUT2D eigenvalue weighted by Gasteiger charge is 2.02. The maximum atomic E-state index is 11.7. The first-order valence-corrected chi connectivity index (χ1v) is 9.35. The van der Waals surface area contributed by atoms with E-state index in [1.54, 1.807) is 23.3 Å². The lowest BCUT2D eigenvalue weighted by molar-refractivity contribution is 0.0898. The van der Waals surface area contributed by atoms with Crippen LogP contribution in [0.5, 0.6) is 0 Å². The summed E-state index contributed by atoms with van der Waals surface area (Å²) in [6.45, 7) is 2.27. The minimum absolute atomic E-state index is 0.167. The predicted molar refractivity (Wildman–Crippen MR) is 93.2 cm³/mol. The molecule has 0 aliphatic carbocycles. The zero-order valence-electron chi connectivity index (χ0n) is 14.4. The number of nitrogens with zero attached hydrogens (tertiary/aromatic N) is 2. The van der Waals surface area contributed by atoms with Crippen molar-refractivity contribution in [2.75, 3.05) is 0 Å². The molecule has 1 heterocycles. The first-order chi connectivity index (χ1) is 10.8. The van der Waals surface area contributed by atoms with E-state index in [0.717, 1.165) is 6.42 Å². The molecule has 0 bridgehead atoms. The van der Waals surface area contributed by atoms with Gasteiger partial charge in [0.05, 0.1) is 0 Å². The molecule has 0 amide bonds. The average molecular weight is 306 g/mol. The van der Waals surface area contributed by atoms with Gasteiger partial charge in [0, 0.05) is 18.8 Å². The van der Waals surface area contributed by atoms with E-state index < -0.39 is 0 Å². The molecule has 0 N–H and O–H groups in total. The van der Waals surface area contributed by atoms with Gasteiger partial charge in [0.1, 0.15) is 6.33 Å². The molecule has 0 unspecified atom stereocenters. The van der Waals surface area contributed by atoms with Crippen molar-refractivity contribution >= 4 is 5.91 Å². The number of imidazole rings is 1. The lowest BCUT2D eigenvalue weighted by Gasteiger charge is -2.03. The van der Waals surface area contributed by atoms with Gasteiger partial charge in [-0.2, -0.15) is 0 Å². The second kappa shape index (κ2) is 13.5. The van der Waals surface area contributed by atoms with Gasteiger partial charge in [0.15, 0.2) is 0 Å². The van der Waals surface area contributed by atoms with Crippen LogP contribution < -0.4 is 0 Å². The number of unbranched alkanes of at least 4 members (excludes halogenated alkanes) is 12. The molecule has 0 fully saturated rings. The smallest absolute Gasteiger partial charge is 0.231 e. The highest BCUT2D eigenvalue weighted by molar-refractivity contribution is 5.78. The van der Waals surface area contributed by atoms with Crippen molar-refractivity contribution in [2.24, 2.45) is 0 Å². The third-order valence-electron chi connectivity index (χ3n) is 4.29. The molecule has 1 aromatic heterocycles. The summed E-state index contributed by atoms with van der Waals surface area (Å²) in [7, 11) is 0. The Bertz CT molecular complexity index is 360. The molecule has 0 aliphatic heterocycles. The Hall–Kier alpha value is -1.12. The monoisotopic (exact) mass is 306 g/mol. The number of carbonyl (C=O) groups is 1. The first-order valence-electron chi connectivity index (χ1n) is 9.35. The second-order valence-corrected chi connectivity index (χ2v) is 6.36. The fourth-order valence-electron chi connectivity index (χ4n) is 2.83. The average Bonchev–Trinajstić information content (AvgIpc) is 3.06. The second-order valence-electron chi connectivity index (χ2n) is 6.36. The molecule has 0 saturated carbocycles. The summed E-state index contributed by atoms with van der Waals surface area (Å²) >= 11 is 0. The number of carbonyl (C=O) groups excluding carboxylic acids is 1. The summed E-state index contributed by atoms with van der Waals surface area (Å²) in [6, 6.07) is 0. The lowest BCUT2D eigenvalue weighted by atomic mass is 10.0. The topological polar surface area (TPSA) is 34.9 Å². The Labute approximate surface area is 136 Å². The lowest BCUT2D eigenvalue weighted by Crippen LogP contribution is -2.07.